The molecule has 7 heteroatoms. The lowest BCUT2D eigenvalue weighted by atomic mass is 10.2. The highest BCUT2D eigenvalue weighted by atomic mass is 16.4. The minimum Gasteiger partial charge on any atom is -0.508 e. The first-order chi connectivity index (χ1) is 9.52. The van der Waals surface area contributed by atoms with Gasteiger partial charge in [0.2, 0.25) is 0 Å². The molecule has 1 rings (SSSR count). The second kappa shape index (κ2) is 7.43. The maximum absolute atomic E-state index is 11.6. The molecular formula is C13H13N3O4. The van der Waals surface area contributed by atoms with Crippen LogP contribution >= 0.6 is 0 Å². The maximum atomic E-state index is 11.6. The van der Waals surface area contributed by atoms with E-state index in [2.05, 4.69) is 10.6 Å². The van der Waals surface area contributed by atoms with Gasteiger partial charge in [0.1, 0.15) is 17.4 Å². The first kappa shape index (κ1) is 15.0. The summed E-state index contributed by atoms with van der Waals surface area (Å²) in [5, 5.41) is 31.5. The van der Waals surface area contributed by atoms with E-state index in [1.165, 1.54) is 18.3 Å². The lowest BCUT2D eigenvalue weighted by molar-refractivity contribution is -0.136. The van der Waals surface area contributed by atoms with E-state index in [9.17, 15) is 14.7 Å². The summed E-state index contributed by atoms with van der Waals surface area (Å²) in [6, 6.07) is 7.86. The van der Waals surface area contributed by atoms with Gasteiger partial charge < -0.3 is 20.8 Å². The Hall–Kier alpha value is -3.01. The van der Waals surface area contributed by atoms with Crippen molar-refractivity contribution in [1.82, 2.24) is 5.32 Å². The van der Waals surface area contributed by atoms with E-state index in [0.29, 0.717) is 5.69 Å². The van der Waals surface area contributed by atoms with Gasteiger partial charge in [-0.25, -0.2) is 0 Å². The van der Waals surface area contributed by atoms with Crippen LogP contribution in [0.15, 0.2) is 36.0 Å². The summed E-state index contributed by atoms with van der Waals surface area (Å²) in [4.78, 5) is 21.9. The lowest BCUT2D eigenvalue weighted by Gasteiger charge is -2.04. The summed E-state index contributed by atoms with van der Waals surface area (Å²) in [6.45, 7) is -0.0562. The van der Waals surface area contributed by atoms with Crippen LogP contribution in [0.3, 0.4) is 0 Å². The summed E-state index contributed by atoms with van der Waals surface area (Å²) < 4.78 is 0. The van der Waals surface area contributed by atoms with Crippen LogP contribution < -0.4 is 10.6 Å². The summed E-state index contributed by atoms with van der Waals surface area (Å²) in [5.41, 5.74) is 0.315. The SMILES string of the molecule is N#C/C(=C/Nc1cccc(O)c1)C(=O)NCCC(=O)O. The molecule has 104 valence electrons. The summed E-state index contributed by atoms with van der Waals surface area (Å²) >= 11 is 0. The molecule has 0 bridgehead atoms. The molecule has 0 fully saturated rings. The van der Waals surface area contributed by atoms with Crippen LogP contribution in [0.4, 0.5) is 5.69 Å². The van der Waals surface area contributed by atoms with Gasteiger partial charge in [-0.3, -0.25) is 9.59 Å². The molecule has 0 aliphatic carbocycles. The molecule has 0 unspecified atom stereocenters. The average Bonchev–Trinajstić information content (AvgIpc) is 2.39. The molecule has 0 saturated heterocycles. The predicted octanol–water partition coefficient (Wildman–Crippen LogP) is 0.802. The van der Waals surface area contributed by atoms with Crippen molar-refractivity contribution >= 4 is 17.6 Å². The Morgan fingerprint density at radius 3 is 2.75 bits per heavy atom. The number of rotatable bonds is 6. The number of nitrogens with one attached hydrogen (secondary N) is 2. The molecule has 7 nitrogen and oxygen atoms in total. The molecule has 0 atom stereocenters. The zero-order valence-electron chi connectivity index (χ0n) is 10.5. The predicted molar refractivity (Wildman–Crippen MR) is 70.7 cm³/mol. The standard InChI is InChI=1S/C13H13N3O4/c14-7-9(13(20)15-5-4-12(18)19)8-16-10-2-1-3-11(17)6-10/h1-3,6,8,16-17H,4-5H2,(H,15,20)(H,18,19)/b9-8-. The van der Waals surface area contributed by atoms with Gasteiger partial charge in [-0.05, 0) is 12.1 Å². The van der Waals surface area contributed by atoms with E-state index in [0.717, 1.165) is 0 Å². The van der Waals surface area contributed by atoms with Crippen molar-refractivity contribution in [2.45, 2.75) is 6.42 Å². The highest BCUT2D eigenvalue weighted by Crippen LogP contribution is 2.15. The molecule has 0 saturated carbocycles. The monoisotopic (exact) mass is 275 g/mol. The first-order valence-electron chi connectivity index (χ1n) is 5.68. The molecule has 4 N–H and O–H groups in total. The number of carbonyl (C=O) groups excluding carboxylic acids is 1. The highest BCUT2D eigenvalue weighted by molar-refractivity contribution is 5.97. The summed E-state index contributed by atoms with van der Waals surface area (Å²) in [7, 11) is 0. The molecule has 0 aromatic heterocycles. The molecule has 0 spiro atoms. The Bertz CT molecular complexity index is 575. The highest BCUT2D eigenvalue weighted by Gasteiger charge is 2.08. The Morgan fingerprint density at radius 2 is 2.15 bits per heavy atom. The number of hydrogen-bond acceptors (Lipinski definition) is 5. The van der Waals surface area contributed by atoms with Crippen molar-refractivity contribution in [3.63, 3.8) is 0 Å². The third kappa shape index (κ3) is 5.10. The van der Waals surface area contributed by atoms with Crippen molar-refractivity contribution in [2.24, 2.45) is 0 Å². The zero-order chi connectivity index (χ0) is 15.0. The number of hydrogen-bond donors (Lipinski definition) is 4. The van der Waals surface area contributed by atoms with Crippen LogP contribution in [-0.2, 0) is 9.59 Å². The number of amides is 1. The van der Waals surface area contributed by atoms with Crippen molar-refractivity contribution in [3.05, 3.63) is 36.0 Å². The minimum absolute atomic E-state index is 0.0489. The molecule has 0 heterocycles. The van der Waals surface area contributed by atoms with Gasteiger partial charge >= 0.3 is 5.97 Å². The summed E-state index contributed by atoms with van der Waals surface area (Å²) in [5.74, 6) is -1.65. The van der Waals surface area contributed by atoms with Gasteiger partial charge in [-0.15, -0.1) is 0 Å². The number of nitriles is 1. The quantitative estimate of drug-likeness (QED) is 0.450. The van der Waals surface area contributed by atoms with Crippen LogP contribution in [0.2, 0.25) is 0 Å². The van der Waals surface area contributed by atoms with Gasteiger partial charge in [0.15, 0.2) is 0 Å². The molecule has 0 radical (unpaired) electrons. The van der Waals surface area contributed by atoms with Crippen LogP contribution in [0.5, 0.6) is 5.75 Å². The Labute approximate surface area is 115 Å². The number of aliphatic carboxylic acids is 1. The number of carboxylic acid groups (broad SMARTS) is 1. The van der Waals surface area contributed by atoms with Crippen molar-refractivity contribution in [3.8, 4) is 11.8 Å². The molecule has 1 aromatic carbocycles. The number of nitrogens with zero attached hydrogens (tertiary/aromatic N) is 1. The number of phenolic OH excluding ortho intramolecular Hbond substituents is 1. The van der Waals surface area contributed by atoms with Crippen LogP contribution in [0, 0.1) is 11.3 Å². The third-order valence-electron chi connectivity index (χ3n) is 2.22. The maximum Gasteiger partial charge on any atom is 0.305 e. The van der Waals surface area contributed by atoms with Gasteiger partial charge in [-0.2, -0.15) is 5.26 Å². The summed E-state index contributed by atoms with van der Waals surface area (Å²) in [6.07, 6.45) is 0.968. The zero-order valence-corrected chi connectivity index (χ0v) is 10.5. The van der Waals surface area contributed by atoms with Crippen LogP contribution in [-0.4, -0.2) is 28.6 Å². The number of carboxylic acids is 1. The van der Waals surface area contributed by atoms with Gasteiger partial charge in [-0.1, -0.05) is 6.07 Å². The number of aromatic hydroxyl groups is 1. The fourth-order valence-corrected chi connectivity index (χ4v) is 1.28. The van der Waals surface area contributed by atoms with E-state index < -0.39 is 11.9 Å². The molecule has 1 aromatic rings. The Morgan fingerprint density at radius 1 is 1.40 bits per heavy atom. The van der Waals surface area contributed by atoms with Crippen molar-refractivity contribution in [2.75, 3.05) is 11.9 Å². The fourth-order valence-electron chi connectivity index (χ4n) is 1.28. The fraction of sp³-hybridized carbons (Fsp3) is 0.154. The number of carbonyl (C=O) groups is 2. The van der Waals surface area contributed by atoms with E-state index in [1.54, 1.807) is 18.2 Å². The van der Waals surface area contributed by atoms with Gasteiger partial charge in [0.25, 0.3) is 5.91 Å². The van der Waals surface area contributed by atoms with E-state index in [-0.39, 0.29) is 24.3 Å². The van der Waals surface area contributed by atoms with E-state index in [4.69, 9.17) is 10.4 Å². The van der Waals surface area contributed by atoms with Crippen LogP contribution in [0.25, 0.3) is 0 Å². The van der Waals surface area contributed by atoms with Crippen molar-refractivity contribution in [1.29, 1.82) is 5.26 Å². The van der Waals surface area contributed by atoms with E-state index in [1.807, 2.05) is 0 Å². The van der Waals surface area contributed by atoms with Gasteiger partial charge in [0, 0.05) is 24.5 Å². The smallest absolute Gasteiger partial charge is 0.305 e. The topological polar surface area (TPSA) is 122 Å². The average molecular weight is 275 g/mol. The number of phenols is 1. The first-order valence-corrected chi connectivity index (χ1v) is 5.68. The normalized spacial score (nSPS) is 10.4. The Balaban J connectivity index is 2.61. The molecular weight excluding hydrogens is 262 g/mol. The lowest BCUT2D eigenvalue weighted by Crippen LogP contribution is -2.27. The van der Waals surface area contributed by atoms with E-state index >= 15 is 0 Å². The largest absolute Gasteiger partial charge is 0.508 e. The minimum atomic E-state index is -1.04. The third-order valence-corrected chi connectivity index (χ3v) is 2.22. The molecule has 1 amide bonds. The van der Waals surface area contributed by atoms with Crippen LogP contribution in [0.1, 0.15) is 6.42 Å². The van der Waals surface area contributed by atoms with Crippen molar-refractivity contribution < 1.29 is 19.8 Å². The number of benzene rings is 1. The van der Waals surface area contributed by atoms with Gasteiger partial charge in [0.05, 0.1) is 6.42 Å². The second-order valence-electron chi connectivity index (χ2n) is 3.76. The number of anilines is 1. The molecule has 0 aliphatic rings. The molecule has 0 aliphatic heterocycles. The molecule has 20 heavy (non-hydrogen) atoms. The Kier molecular flexibility index (Phi) is 5.59. The second-order valence-corrected chi connectivity index (χ2v) is 3.76.